The third kappa shape index (κ3) is 4.97. The van der Waals surface area contributed by atoms with E-state index < -0.39 is 0 Å². The van der Waals surface area contributed by atoms with Gasteiger partial charge in [-0.2, -0.15) is 0 Å². The molecule has 0 saturated heterocycles. The molecule has 1 amide bonds. The van der Waals surface area contributed by atoms with E-state index in [0.29, 0.717) is 18.0 Å². The molecule has 0 bridgehead atoms. The van der Waals surface area contributed by atoms with Crippen LogP contribution in [0.3, 0.4) is 0 Å². The molecule has 0 aromatic heterocycles. The molecule has 1 aliphatic carbocycles. The van der Waals surface area contributed by atoms with Crippen LogP contribution < -0.4 is 11.1 Å². The van der Waals surface area contributed by atoms with Crippen LogP contribution >= 0.6 is 0 Å². The molecule has 1 aliphatic rings. The summed E-state index contributed by atoms with van der Waals surface area (Å²) >= 11 is 0. The first kappa shape index (κ1) is 15.5. The second kappa shape index (κ2) is 7.78. The van der Waals surface area contributed by atoms with E-state index in [0.717, 1.165) is 25.7 Å². The molecule has 0 aliphatic heterocycles. The number of hydrogen-bond acceptors (Lipinski definition) is 2. The van der Waals surface area contributed by atoms with Gasteiger partial charge in [0.05, 0.1) is 0 Å². The minimum atomic E-state index is 0.179. The summed E-state index contributed by atoms with van der Waals surface area (Å²) in [7, 11) is 0. The van der Waals surface area contributed by atoms with Gasteiger partial charge in [0, 0.05) is 18.0 Å². The Kier molecular flexibility index (Phi) is 6.69. The zero-order valence-electron chi connectivity index (χ0n) is 12.2. The molecule has 4 unspecified atom stereocenters. The fourth-order valence-electron chi connectivity index (χ4n) is 2.95. The lowest BCUT2D eigenvalue weighted by atomic mass is 9.77. The molecule has 18 heavy (non-hydrogen) atoms. The molecule has 106 valence electrons. The third-order valence-corrected chi connectivity index (χ3v) is 4.18. The normalized spacial score (nSPS) is 29.9. The van der Waals surface area contributed by atoms with Gasteiger partial charge in [-0.1, -0.05) is 33.1 Å². The highest BCUT2D eigenvalue weighted by molar-refractivity contribution is 5.79. The first-order valence-electron chi connectivity index (χ1n) is 7.60. The number of carbonyl (C=O) groups is 1. The van der Waals surface area contributed by atoms with Crippen molar-refractivity contribution in [3.63, 3.8) is 0 Å². The van der Waals surface area contributed by atoms with Crippen LogP contribution in [0.25, 0.3) is 0 Å². The van der Waals surface area contributed by atoms with Crippen LogP contribution in [0.4, 0.5) is 0 Å². The van der Waals surface area contributed by atoms with Gasteiger partial charge in [0.2, 0.25) is 5.91 Å². The van der Waals surface area contributed by atoms with Gasteiger partial charge < -0.3 is 11.1 Å². The van der Waals surface area contributed by atoms with Gasteiger partial charge in [0.1, 0.15) is 0 Å². The molecule has 1 rings (SSSR count). The van der Waals surface area contributed by atoms with Gasteiger partial charge in [-0.25, -0.2) is 0 Å². The molecule has 0 radical (unpaired) electrons. The Morgan fingerprint density at radius 1 is 1.39 bits per heavy atom. The molecule has 0 spiro atoms. The lowest BCUT2D eigenvalue weighted by Gasteiger charge is -2.32. The molecule has 3 heteroatoms. The van der Waals surface area contributed by atoms with Gasteiger partial charge >= 0.3 is 0 Å². The average molecular weight is 254 g/mol. The van der Waals surface area contributed by atoms with E-state index >= 15 is 0 Å². The summed E-state index contributed by atoms with van der Waals surface area (Å²) in [5.74, 6) is 0.855. The smallest absolute Gasteiger partial charge is 0.223 e. The van der Waals surface area contributed by atoms with Crippen molar-refractivity contribution in [2.24, 2.45) is 17.6 Å². The zero-order chi connectivity index (χ0) is 13.5. The summed E-state index contributed by atoms with van der Waals surface area (Å²) in [4.78, 5) is 12.2. The van der Waals surface area contributed by atoms with Gasteiger partial charge in [0.25, 0.3) is 0 Å². The number of rotatable bonds is 6. The van der Waals surface area contributed by atoms with E-state index in [9.17, 15) is 4.79 Å². The molecule has 0 aromatic rings. The molecule has 3 nitrogen and oxygen atoms in total. The van der Waals surface area contributed by atoms with Crippen molar-refractivity contribution in [3.8, 4) is 0 Å². The van der Waals surface area contributed by atoms with Crippen molar-refractivity contribution in [2.75, 3.05) is 0 Å². The third-order valence-electron chi connectivity index (χ3n) is 4.18. The Morgan fingerprint density at radius 2 is 2.11 bits per heavy atom. The topological polar surface area (TPSA) is 55.1 Å². The quantitative estimate of drug-likeness (QED) is 0.716. The highest BCUT2D eigenvalue weighted by atomic mass is 16.1. The zero-order valence-corrected chi connectivity index (χ0v) is 12.2. The average Bonchev–Trinajstić information content (AvgIpc) is 2.28. The Labute approximate surface area is 112 Å². The number of nitrogens with two attached hydrogens (primary N) is 1. The first-order valence-corrected chi connectivity index (χ1v) is 7.60. The number of nitrogens with one attached hydrogen (secondary N) is 1. The molecule has 3 N–H and O–H groups in total. The molecule has 0 aromatic carbocycles. The van der Waals surface area contributed by atoms with E-state index in [1.807, 2.05) is 0 Å². The number of hydrogen-bond donors (Lipinski definition) is 2. The predicted molar refractivity (Wildman–Crippen MR) is 76.2 cm³/mol. The van der Waals surface area contributed by atoms with Crippen molar-refractivity contribution in [1.82, 2.24) is 5.32 Å². The molecular formula is C15H30N2O. The Balaban J connectivity index is 2.31. The standard InChI is InChI=1S/C15H30N2O/c1-4-5-6-7-12(3)17-15(18)14-9-8-13(16)10-11(14)2/h11-14H,4-10,16H2,1-3H3,(H,17,18). The number of unbranched alkanes of at least 4 members (excludes halogenated alkanes) is 2. The van der Waals surface area contributed by atoms with Crippen LogP contribution in [-0.2, 0) is 4.79 Å². The van der Waals surface area contributed by atoms with Crippen molar-refractivity contribution >= 4 is 5.91 Å². The Morgan fingerprint density at radius 3 is 2.72 bits per heavy atom. The maximum Gasteiger partial charge on any atom is 0.223 e. The summed E-state index contributed by atoms with van der Waals surface area (Å²) in [6.45, 7) is 6.48. The van der Waals surface area contributed by atoms with Crippen LogP contribution in [0.1, 0.15) is 65.7 Å². The summed E-state index contributed by atoms with van der Waals surface area (Å²) in [6, 6.07) is 0.609. The second-order valence-electron chi connectivity index (χ2n) is 6.06. The summed E-state index contributed by atoms with van der Waals surface area (Å²) in [5.41, 5.74) is 5.94. The lowest BCUT2D eigenvalue weighted by molar-refractivity contribution is -0.128. The van der Waals surface area contributed by atoms with Gasteiger partial charge in [-0.05, 0) is 38.5 Å². The second-order valence-corrected chi connectivity index (χ2v) is 6.06. The predicted octanol–water partition coefficient (Wildman–Crippen LogP) is 2.83. The molecular weight excluding hydrogens is 224 g/mol. The van der Waals surface area contributed by atoms with Gasteiger partial charge in [-0.3, -0.25) is 4.79 Å². The van der Waals surface area contributed by atoms with E-state index in [1.54, 1.807) is 0 Å². The first-order chi connectivity index (χ1) is 8.54. The highest BCUT2D eigenvalue weighted by Crippen LogP contribution is 2.29. The Hall–Kier alpha value is -0.570. The molecule has 1 saturated carbocycles. The van der Waals surface area contributed by atoms with E-state index in [-0.39, 0.29) is 11.8 Å². The van der Waals surface area contributed by atoms with Gasteiger partial charge in [0.15, 0.2) is 0 Å². The highest BCUT2D eigenvalue weighted by Gasteiger charge is 2.31. The van der Waals surface area contributed by atoms with E-state index in [4.69, 9.17) is 5.73 Å². The fraction of sp³-hybridized carbons (Fsp3) is 0.933. The van der Waals surface area contributed by atoms with Crippen LogP contribution in [0.2, 0.25) is 0 Å². The van der Waals surface area contributed by atoms with Crippen molar-refractivity contribution in [3.05, 3.63) is 0 Å². The van der Waals surface area contributed by atoms with Crippen molar-refractivity contribution in [2.45, 2.75) is 77.8 Å². The molecule has 4 atom stereocenters. The SMILES string of the molecule is CCCCCC(C)NC(=O)C1CCC(N)CC1C. The minimum absolute atomic E-state index is 0.179. The van der Waals surface area contributed by atoms with Crippen molar-refractivity contribution < 1.29 is 4.79 Å². The monoisotopic (exact) mass is 254 g/mol. The van der Waals surface area contributed by atoms with Crippen LogP contribution in [0, 0.1) is 11.8 Å². The minimum Gasteiger partial charge on any atom is -0.353 e. The fourth-order valence-corrected chi connectivity index (χ4v) is 2.95. The largest absolute Gasteiger partial charge is 0.353 e. The number of amides is 1. The van der Waals surface area contributed by atoms with E-state index in [1.165, 1.54) is 19.3 Å². The number of carbonyl (C=O) groups excluding carboxylic acids is 1. The van der Waals surface area contributed by atoms with E-state index in [2.05, 4.69) is 26.1 Å². The van der Waals surface area contributed by atoms with Gasteiger partial charge in [-0.15, -0.1) is 0 Å². The summed E-state index contributed by atoms with van der Waals surface area (Å²) in [5, 5.41) is 3.17. The Bertz CT molecular complexity index is 255. The van der Waals surface area contributed by atoms with Crippen LogP contribution in [0.5, 0.6) is 0 Å². The molecule has 1 fully saturated rings. The summed E-state index contributed by atoms with van der Waals surface area (Å²) < 4.78 is 0. The van der Waals surface area contributed by atoms with Crippen molar-refractivity contribution in [1.29, 1.82) is 0 Å². The van der Waals surface area contributed by atoms with Crippen LogP contribution in [0.15, 0.2) is 0 Å². The maximum absolute atomic E-state index is 12.2. The van der Waals surface area contributed by atoms with Crippen LogP contribution in [-0.4, -0.2) is 18.0 Å². The maximum atomic E-state index is 12.2. The lowest BCUT2D eigenvalue weighted by Crippen LogP contribution is -2.43. The molecule has 0 heterocycles. The summed E-state index contributed by atoms with van der Waals surface area (Å²) in [6.07, 6.45) is 7.74.